The van der Waals surface area contributed by atoms with Gasteiger partial charge in [-0.3, -0.25) is 9.59 Å². The Morgan fingerprint density at radius 3 is 2.72 bits per heavy atom. The third-order valence-electron chi connectivity index (χ3n) is 5.93. The molecule has 2 fully saturated rings. The smallest absolute Gasteiger partial charge is 0.251 e. The number of fused-ring (bicyclic) bond motifs is 2. The number of carbonyl (C=O) groups excluding carboxylic acids is 2. The molecule has 5 heteroatoms. The standard InChI is InChI=1S/C20H29N3O2/c1-3-12(2)23-19(24)16-6-4-5-13(9-16)11-22-20(25)17-14-7-8-15(10-14)18(17)21/h4-6,9,12,14-15,17-18H,3,7-8,10-11,21H2,1-2H3,(H,22,25)(H,23,24). The van der Waals surface area contributed by atoms with Crippen LogP contribution >= 0.6 is 0 Å². The Morgan fingerprint density at radius 1 is 1.28 bits per heavy atom. The van der Waals surface area contributed by atoms with E-state index in [-0.39, 0.29) is 29.8 Å². The molecule has 0 heterocycles. The number of hydrogen-bond acceptors (Lipinski definition) is 3. The van der Waals surface area contributed by atoms with Crippen LogP contribution in [-0.4, -0.2) is 23.9 Å². The van der Waals surface area contributed by atoms with E-state index in [0.717, 1.165) is 24.8 Å². The van der Waals surface area contributed by atoms with Crippen molar-refractivity contribution in [2.24, 2.45) is 23.5 Å². The summed E-state index contributed by atoms with van der Waals surface area (Å²) in [6.45, 7) is 4.46. The van der Waals surface area contributed by atoms with Gasteiger partial charge in [-0.25, -0.2) is 0 Å². The summed E-state index contributed by atoms with van der Waals surface area (Å²) in [6.07, 6.45) is 4.29. The summed E-state index contributed by atoms with van der Waals surface area (Å²) < 4.78 is 0. The molecule has 1 aromatic carbocycles. The second kappa shape index (κ2) is 7.56. The van der Waals surface area contributed by atoms with Gasteiger partial charge in [0.1, 0.15) is 0 Å². The van der Waals surface area contributed by atoms with Crippen LogP contribution in [0.4, 0.5) is 0 Å². The minimum atomic E-state index is -0.0716. The third kappa shape index (κ3) is 3.87. The van der Waals surface area contributed by atoms with Crippen molar-refractivity contribution in [2.45, 2.75) is 58.2 Å². The van der Waals surface area contributed by atoms with Gasteiger partial charge in [0.25, 0.3) is 5.91 Å². The van der Waals surface area contributed by atoms with Crippen molar-refractivity contribution in [2.75, 3.05) is 0 Å². The number of hydrogen-bond donors (Lipinski definition) is 3. The Labute approximate surface area is 149 Å². The van der Waals surface area contributed by atoms with E-state index in [1.54, 1.807) is 6.07 Å². The van der Waals surface area contributed by atoms with Gasteiger partial charge in [-0.1, -0.05) is 19.1 Å². The van der Waals surface area contributed by atoms with Crippen LogP contribution in [-0.2, 0) is 11.3 Å². The normalized spacial score (nSPS) is 28.6. The lowest BCUT2D eigenvalue weighted by Gasteiger charge is -2.27. The van der Waals surface area contributed by atoms with Crippen molar-refractivity contribution in [3.8, 4) is 0 Å². The van der Waals surface area contributed by atoms with Crippen molar-refractivity contribution in [1.82, 2.24) is 10.6 Å². The summed E-state index contributed by atoms with van der Waals surface area (Å²) in [7, 11) is 0. The zero-order chi connectivity index (χ0) is 18.0. The van der Waals surface area contributed by atoms with Crippen LogP contribution < -0.4 is 16.4 Å². The third-order valence-corrected chi connectivity index (χ3v) is 5.93. The number of rotatable bonds is 6. The Morgan fingerprint density at radius 2 is 2.04 bits per heavy atom. The van der Waals surface area contributed by atoms with Gasteiger partial charge >= 0.3 is 0 Å². The summed E-state index contributed by atoms with van der Waals surface area (Å²) in [5, 5.41) is 5.99. The first-order valence-corrected chi connectivity index (χ1v) is 9.42. The first-order valence-electron chi connectivity index (χ1n) is 9.42. The molecule has 3 rings (SSSR count). The van der Waals surface area contributed by atoms with E-state index in [4.69, 9.17) is 5.73 Å². The zero-order valence-electron chi connectivity index (χ0n) is 15.1. The summed E-state index contributed by atoms with van der Waals surface area (Å²) in [6, 6.07) is 7.59. The fourth-order valence-corrected chi connectivity index (χ4v) is 4.26. The Hall–Kier alpha value is -1.88. The highest BCUT2D eigenvalue weighted by Crippen LogP contribution is 2.47. The molecule has 0 aliphatic heterocycles. The maximum atomic E-state index is 12.6. The SMILES string of the molecule is CCC(C)NC(=O)c1cccc(CNC(=O)C2C3CCC(C3)C2N)c1. The average molecular weight is 343 g/mol. The molecule has 1 aromatic rings. The Kier molecular flexibility index (Phi) is 5.42. The second-order valence-corrected chi connectivity index (χ2v) is 7.64. The molecule has 5 nitrogen and oxygen atoms in total. The Balaban J connectivity index is 1.57. The maximum Gasteiger partial charge on any atom is 0.251 e. The maximum absolute atomic E-state index is 12.6. The van der Waals surface area contributed by atoms with Crippen molar-refractivity contribution in [3.05, 3.63) is 35.4 Å². The lowest BCUT2D eigenvalue weighted by molar-refractivity contribution is -0.127. The highest BCUT2D eigenvalue weighted by atomic mass is 16.2. The van der Waals surface area contributed by atoms with Crippen LogP contribution in [0.3, 0.4) is 0 Å². The molecule has 0 spiro atoms. The quantitative estimate of drug-likeness (QED) is 0.740. The van der Waals surface area contributed by atoms with Crippen LogP contribution in [0.5, 0.6) is 0 Å². The van der Waals surface area contributed by atoms with Gasteiger partial charge < -0.3 is 16.4 Å². The van der Waals surface area contributed by atoms with Crippen molar-refractivity contribution >= 4 is 11.8 Å². The van der Waals surface area contributed by atoms with Gasteiger partial charge in [-0.05, 0) is 62.1 Å². The molecule has 2 amide bonds. The van der Waals surface area contributed by atoms with Gasteiger partial charge in [0, 0.05) is 24.2 Å². The number of nitrogens with one attached hydrogen (secondary N) is 2. The van der Waals surface area contributed by atoms with E-state index in [0.29, 0.717) is 23.9 Å². The second-order valence-electron chi connectivity index (χ2n) is 7.64. The van der Waals surface area contributed by atoms with Crippen LogP contribution in [0.15, 0.2) is 24.3 Å². The van der Waals surface area contributed by atoms with Crippen LogP contribution in [0, 0.1) is 17.8 Å². The highest BCUT2D eigenvalue weighted by Gasteiger charge is 2.48. The van der Waals surface area contributed by atoms with Gasteiger partial charge in [-0.15, -0.1) is 0 Å². The molecule has 2 saturated carbocycles. The van der Waals surface area contributed by atoms with E-state index in [1.165, 1.54) is 6.42 Å². The monoisotopic (exact) mass is 343 g/mol. The number of amides is 2. The average Bonchev–Trinajstić information content (AvgIpc) is 3.21. The molecular weight excluding hydrogens is 314 g/mol. The van der Waals surface area contributed by atoms with E-state index < -0.39 is 0 Å². The molecular formula is C20H29N3O2. The lowest BCUT2D eigenvalue weighted by Crippen LogP contribution is -2.45. The van der Waals surface area contributed by atoms with Crippen molar-refractivity contribution in [3.63, 3.8) is 0 Å². The fourth-order valence-electron chi connectivity index (χ4n) is 4.26. The molecule has 0 aromatic heterocycles. The molecule has 2 aliphatic carbocycles. The highest BCUT2D eigenvalue weighted by molar-refractivity contribution is 5.94. The Bertz CT molecular complexity index is 644. The molecule has 2 aliphatic rings. The molecule has 2 bridgehead atoms. The summed E-state index contributed by atoms with van der Waals surface area (Å²) in [5.41, 5.74) is 7.80. The van der Waals surface area contributed by atoms with Crippen molar-refractivity contribution in [1.29, 1.82) is 0 Å². The van der Waals surface area contributed by atoms with Crippen molar-refractivity contribution < 1.29 is 9.59 Å². The van der Waals surface area contributed by atoms with Crippen LogP contribution in [0.25, 0.3) is 0 Å². The van der Waals surface area contributed by atoms with Gasteiger partial charge in [0.05, 0.1) is 5.92 Å². The first kappa shape index (κ1) is 17.9. The van der Waals surface area contributed by atoms with E-state index in [1.807, 2.05) is 32.0 Å². The molecule has 0 saturated heterocycles. The predicted molar refractivity (Wildman–Crippen MR) is 97.8 cm³/mol. The number of nitrogens with two attached hydrogens (primary N) is 1. The first-order chi connectivity index (χ1) is 12.0. The minimum Gasteiger partial charge on any atom is -0.352 e. The fraction of sp³-hybridized carbons (Fsp3) is 0.600. The van der Waals surface area contributed by atoms with E-state index in [9.17, 15) is 9.59 Å². The molecule has 25 heavy (non-hydrogen) atoms. The van der Waals surface area contributed by atoms with Crippen LogP contribution in [0.1, 0.15) is 55.5 Å². The number of carbonyl (C=O) groups is 2. The largest absolute Gasteiger partial charge is 0.352 e. The zero-order valence-corrected chi connectivity index (χ0v) is 15.1. The molecule has 4 N–H and O–H groups in total. The number of benzene rings is 1. The minimum absolute atomic E-state index is 0.00592. The molecule has 5 unspecified atom stereocenters. The summed E-state index contributed by atoms with van der Waals surface area (Å²) in [4.78, 5) is 24.8. The topological polar surface area (TPSA) is 84.2 Å². The van der Waals surface area contributed by atoms with Crippen LogP contribution in [0.2, 0.25) is 0 Å². The lowest BCUT2D eigenvalue weighted by atomic mass is 9.84. The van der Waals surface area contributed by atoms with Gasteiger partial charge in [-0.2, -0.15) is 0 Å². The van der Waals surface area contributed by atoms with Gasteiger partial charge in [0.2, 0.25) is 5.91 Å². The van der Waals surface area contributed by atoms with E-state index >= 15 is 0 Å². The summed E-state index contributed by atoms with van der Waals surface area (Å²) in [5.74, 6) is 0.920. The molecule has 0 radical (unpaired) electrons. The van der Waals surface area contributed by atoms with E-state index in [2.05, 4.69) is 10.6 Å². The summed E-state index contributed by atoms with van der Waals surface area (Å²) >= 11 is 0. The molecule has 136 valence electrons. The predicted octanol–water partition coefficient (Wildman–Crippen LogP) is 2.20. The molecule has 5 atom stereocenters. The van der Waals surface area contributed by atoms with Gasteiger partial charge in [0.15, 0.2) is 0 Å².